The number of nitrogens with two attached hydrogens (primary N) is 1. The van der Waals surface area contributed by atoms with Crippen molar-refractivity contribution >= 4 is 17.8 Å². The molecule has 2 rings (SSSR count). The van der Waals surface area contributed by atoms with Crippen molar-refractivity contribution in [2.45, 2.75) is 37.9 Å². The number of benzene rings is 1. The smallest absolute Gasteiger partial charge is 0.326 e. The molecule has 118 valence electrons. The Labute approximate surface area is 127 Å². The second-order valence-electron chi connectivity index (χ2n) is 5.33. The first-order valence-corrected chi connectivity index (χ1v) is 6.97. The molecule has 2 atom stereocenters. The zero-order valence-corrected chi connectivity index (χ0v) is 11.9. The molecule has 7 nitrogen and oxygen atoms in total. The van der Waals surface area contributed by atoms with Crippen molar-refractivity contribution in [3.05, 3.63) is 35.4 Å². The Hall–Kier alpha value is -2.41. The van der Waals surface area contributed by atoms with E-state index in [0.717, 1.165) is 11.1 Å². The molecule has 1 aromatic carbocycles. The van der Waals surface area contributed by atoms with E-state index in [9.17, 15) is 19.5 Å². The molecule has 0 saturated carbocycles. The van der Waals surface area contributed by atoms with Crippen LogP contribution in [0.4, 0.5) is 0 Å². The topological polar surface area (TPSA) is 121 Å². The second kappa shape index (κ2) is 6.57. The molecule has 4 N–H and O–H groups in total. The summed E-state index contributed by atoms with van der Waals surface area (Å²) in [7, 11) is 0. The van der Waals surface area contributed by atoms with Gasteiger partial charge in [-0.1, -0.05) is 24.3 Å². The fourth-order valence-corrected chi connectivity index (χ4v) is 2.59. The maximum absolute atomic E-state index is 12.4. The molecule has 1 aromatic rings. The number of carboxylic acids is 2. The Morgan fingerprint density at radius 3 is 2.45 bits per heavy atom. The summed E-state index contributed by atoms with van der Waals surface area (Å²) in [5.41, 5.74) is 7.52. The highest BCUT2D eigenvalue weighted by Gasteiger charge is 2.36. The molecule has 1 heterocycles. The standard InChI is InChI=1S/C15H18N2O5/c16-11(5-6-13(18)19)14(20)17-8-10-4-2-1-3-9(10)7-12(17)15(21)22/h1-4,11-12H,5-8,16H2,(H,18,19)(H,21,22)/t11?,12-/m0/s1. The van der Waals surface area contributed by atoms with Crippen LogP contribution in [0.1, 0.15) is 24.0 Å². The van der Waals surface area contributed by atoms with Gasteiger partial charge in [-0.3, -0.25) is 9.59 Å². The first kappa shape index (κ1) is 16.0. The lowest BCUT2D eigenvalue weighted by molar-refractivity contribution is -0.152. The van der Waals surface area contributed by atoms with Gasteiger partial charge in [-0.15, -0.1) is 0 Å². The van der Waals surface area contributed by atoms with E-state index >= 15 is 0 Å². The number of carbonyl (C=O) groups excluding carboxylic acids is 1. The summed E-state index contributed by atoms with van der Waals surface area (Å²) >= 11 is 0. The maximum atomic E-state index is 12.4. The number of aliphatic carboxylic acids is 2. The molecule has 1 aliphatic heterocycles. The van der Waals surface area contributed by atoms with Crippen LogP contribution >= 0.6 is 0 Å². The number of rotatable bonds is 5. The van der Waals surface area contributed by atoms with Crippen molar-refractivity contribution in [1.29, 1.82) is 0 Å². The summed E-state index contributed by atoms with van der Waals surface area (Å²) in [6.45, 7) is 0.173. The molecule has 0 saturated heterocycles. The van der Waals surface area contributed by atoms with Gasteiger partial charge < -0.3 is 20.8 Å². The monoisotopic (exact) mass is 306 g/mol. The van der Waals surface area contributed by atoms with Gasteiger partial charge in [-0.2, -0.15) is 0 Å². The van der Waals surface area contributed by atoms with Gasteiger partial charge in [0.15, 0.2) is 0 Å². The van der Waals surface area contributed by atoms with Crippen LogP contribution in [0.25, 0.3) is 0 Å². The zero-order chi connectivity index (χ0) is 16.3. The van der Waals surface area contributed by atoms with E-state index < -0.39 is 29.9 Å². The van der Waals surface area contributed by atoms with Gasteiger partial charge in [0.2, 0.25) is 5.91 Å². The predicted octanol–water partition coefficient (Wildman–Crippen LogP) is 0.217. The van der Waals surface area contributed by atoms with Crippen molar-refractivity contribution in [1.82, 2.24) is 4.90 Å². The average molecular weight is 306 g/mol. The average Bonchev–Trinajstić information content (AvgIpc) is 2.50. The molecule has 22 heavy (non-hydrogen) atoms. The van der Waals surface area contributed by atoms with Crippen LogP contribution in [0.5, 0.6) is 0 Å². The van der Waals surface area contributed by atoms with E-state index in [2.05, 4.69) is 0 Å². The van der Waals surface area contributed by atoms with Crippen molar-refractivity contribution in [2.75, 3.05) is 0 Å². The molecular formula is C15H18N2O5. The lowest BCUT2D eigenvalue weighted by Gasteiger charge is -2.35. The van der Waals surface area contributed by atoms with Gasteiger partial charge in [0, 0.05) is 19.4 Å². The third kappa shape index (κ3) is 3.43. The Morgan fingerprint density at radius 2 is 1.86 bits per heavy atom. The quantitative estimate of drug-likeness (QED) is 0.715. The number of hydrogen-bond donors (Lipinski definition) is 3. The van der Waals surface area contributed by atoms with Crippen LogP contribution in [-0.4, -0.2) is 45.0 Å². The summed E-state index contributed by atoms with van der Waals surface area (Å²) in [5, 5.41) is 18.0. The Morgan fingerprint density at radius 1 is 1.23 bits per heavy atom. The van der Waals surface area contributed by atoms with E-state index in [0.29, 0.717) is 0 Å². The van der Waals surface area contributed by atoms with E-state index in [1.165, 1.54) is 4.90 Å². The van der Waals surface area contributed by atoms with Crippen LogP contribution in [0.2, 0.25) is 0 Å². The Kier molecular flexibility index (Phi) is 4.77. The molecule has 1 amide bonds. The lowest BCUT2D eigenvalue weighted by Crippen LogP contribution is -2.53. The molecule has 7 heteroatoms. The van der Waals surface area contributed by atoms with E-state index in [-0.39, 0.29) is 25.8 Å². The molecule has 0 aliphatic carbocycles. The molecule has 0 aromatic heterocycles. The van der Waals surface area contributed by atoms with Gasteiger partial charge in [-0.05, 0) is 17.5 Å². The predicted molar refractivity (Wildman–Crippen MR) is 77.0 cm³/mol. The third-order valence-corrected chi connectivity index (χ3v) is 3.80. The normalized spacial score (nSPS) is 18.4. The fourth-order valence-electron chi connectivity index (χ4n) is 2.59. The Balaban J connectivity index is 2.18. The van der Waals surface area contributed by atoms with Crippen LogP contribution in [0.3, 0.4) is 0 Å². The zero-order valence-electron chi connectivity index (χ0n) is 11.9. The second-order valence-corrected chi connectivity index (χ2v) is 5.33. The van der Waals surface area contributed by atoms with Crippen molar-refractivity contribution in [3.63, 3.8) is 0 Å². The van der Waals surface area contributed by atoms with Gasteiger partial charge in [0.25, 0.3) is 0 Å². The molecule has 0 radical (unpaired) electrons. The summed E-state index contributed by atoms with van der Waals surface area (Å²) in [4.78, 5) is 35.6. The molecular weight excluding hydrogens is 288 g/mol. The highest BCUT2D eigenvalue weighted by Crippen LogP contribution is 2.24. The number of amides is 1. The lowest BCUT2D eigenvalue weighted by atomic mass is 9.93. The van der Waals surface area contributed by atoms with Gasteiger partial charge >= 0.3 is 11.9 Å². The maximum Gasteiger partial charge on any atom is 0.326 e. The summed E-state index contributed by atoms with van der Waals surface area (Å²) in [6.07, 6.45) is -0.0172. The first-order chi connectivity index (χ1) is 10.4. The molecule has 0 fully saturated rings. The summed E-state index contributed by atoms with van der Waals surface area (Å²) in [6, 6.07) is 5.36. The molecule has 0 spiro atoms. The third-order valence-electron chi connectivity index (χ3n) is 3.80. The SMILES string of the molecule is NC(CCC(=O)O)C(=O)N1Cc2ccccc2C[C@H]1C(=O)O. The molecule has 1 unspecified atom stereocenters. The van der Waals surface area contributed by atoms with E-state index in [1.54, 1.807) is 0 Å². The number of fused-ring (bicyclic) bond motifs is 1. The Bertz CT molecular complexity index is 601. The van der Waals surface area contributed by atoms with Crippen molar-refractivity contribution < 1.29 is 24.6 Å². The number of carboxylic acid groups (broad SMARTS) is 2. The van der Waals surface area contributed by atoms with Gasteiger partial charge in [0.05, 0.1) is 6.04 Å². The van der Waals surface area contributed by atoms with Crippen LogP contribution in [0.15, 0.2) is 24.3 Å². The van der Waals surface area contributed by atoms with E-state index in [1.807, 2.05) is 24.3 Å². The highest BCUT2D eigenvalue weighted by molar-refractivity contribution is 5.88. The van der Waals surface area contributed by atoms with Gasteiger partial charge in [-0.25, -0.2) is 4.79 Å². The highest BCUT2D eigenvalue weighted by atomic mass is 16.4. The minimum atomic E-state index is -1.09. The van der Waals surface area contributed by atoms with Crippen LogP contribution in [-0.2, 0) is 27.3 Å². The fraction of sp³-hybridized carbons (Fsp3) is 0.400. The van der Waals surface area contributed by atoms with Crippen LogP contribution < -0.4 is 5.73 Å². The minimum absolute atomic E-state index is 0.0152. The van der Waals surface area contributed by atoms with Crippen molar-refractivity contribution in [3.8, 4) is 0 Å². The molecule has 1 aliphatic rings. The van der Waals surface area contributed by atoms with E-state index in [4.69, 9.17) is 10.8 Å². The van der Waals surface area contributed by atoms with Crippen molar-refractivity contribution in [2.24, 2.45) is 5.73 Å². The number of hydrogen-bond acceptors (Lipinski definition) is 4. The number of carbonyl (C=O) groups is 3. The first-order valence-electron chi connectivity index (χ1n) is 6.97. The summed E-state index contributed by atoms with van der Waals surface area (Å²) < 4.78 is 0. The van der Waals surface area contributed by atoms with Gasteiger partial charge in [0.1, 0.15) is 6.04 Å². The minimum Gasteiger partial charge on any atom is -0.481 e. The molecule has 0 bridgehead atoms. The summed E-state index contributed by atoms with van der Waals surface area (Å²) in [5.74, 6) is -2.65. The van der Waals surface area contributed by atoms with Crippen LogP contribution in [0, 0.1) is 0 Å². The number of nitrogens with zero attached hydrogens (tertiary/aromatic N) is 1. The largest absolute Gasteiger partial charge is 0.481 e.